The fraction of sp³-hybridized carbons (Fsp3) is 0.667. The second kappa shape index (κ2) is 4.56. The molecule has 0 aliphatic heterocycles. The fourth-order valence-corrected chi connectivity index (χ4v) is 1.31. The number of aromatic nitrogens is 2. The number of nitrogens with two attached hydrogens (primary N) is 1. The Morgan fingerprint density at radius 2 is 2.07 bits per heavy atom. The maximum absolute atomic E-state index is 11.6. The van der Waals surface area contributed by atoms with E-state index in [1.165, 1.54) is 0 Å². The summed E-state index contributed by atoms with van der Waals surface area (Å²) in [4.78, 5) is 0. The number of anilines is 1. The van der Waals surface area contributed by atoms with Crippen molar-refractivity contribution in [3.63, 3.8) is 0 Å². The Balaban J connectivity index is 2.16. The molecule has 0 aromatic carbocycles. The summed E-state index contributed by atoms with van der Waals surface area (Å²) in [5.74, 6) is 0. The molecule has 0 spiro atoms. The van der Waals surface area contributed by atoms with E-state index >= 15 is 0 Å². The average Bonchev–Trinajstić information content (AvgIpc) is 2.44. The third-order valence-electron chi connectivity index (χ3n) is 1.21. The molecule has 14 heavy (non-hydrogen) atoms. The van der Waals surface area contributed by atoms with Gasteiger partial charge in [-0.2, -0.15) is 13.2 Å². The minimum atomic E-state index is -4.28. The van der Waals surface area contributed by atoms with Gasteiger partial charge in [-0.15, -0.1) is 10.2 Å². The Morgan fingerprint density at radius 3 is 2.57 bits per heavy atom. The number of nitrogens with zero attached hydrogens (tertiary/aromatic N) is 2. The maximum atomic E-state index is 11.6. The summed E-state index contributed by atoms with van der Waals surface area (Å²) in [6, 6.07) is 0. The molecule has 1 aromatic heterocycles. The SMILES string of the molecule is Nc1nnc(CCOCC(F)(F)F)s1. The van der Waals surface area contributed by atoms with Crippen LogP contribution in [-0.4, -0.2) is 29.6 Å². The Hall–Kier alpha value is -0.890. The number of nitrogen functional groups attached to an aromatic ring is 1. The molecule has 0 fully saturated rings. The van der Waals surface area contributed by atoms with Crippen LogP contribution >= 0.6 is 11.3 Å². The van der Waals surface area contributed by atoms with Gasteiger partial charge in [-0.3, -0.25) is 0 Å². The zero-order chi connectivity index (χ0) is 10.6. The molecule has 1 heterocycles. The molecule has 0 bridgehead atoms. The van der Waals surface area contributed by atoms with Crippen LogP contribution in [0.4, 0.5) is 18.3 Å². The van der Waals surface area contributed by atoms with Crippen molar-refractivity contribution in [2.45, 2.75) is 12.6 Å². The van der Waals surface area contributed by atoms with E-state index in [0.29, 0.717) is 16.6 Å². The minimum Gasteiger partial charge on any atom is -0.374 e. The largest absolute Gasteiger partial charge is 0.411 e. The predicted molar refractivity (Wildman–Crippen MR) is 44.9 cm³/mol. The molecule has 2 N–H and O–H groups in total. The zero-order valence-corrected chi connectivity index (χ0v) is 7.86. The zero-order valence-electron chi connectivity index (χ0n) is 7.04. The van der Waals surface area contributed by atoms with Gasteiger partial charge in [0.05, 0.1) is 6.61 Å². The molecule has 0 unspecified atom stereocenters. The number of halogens is 3. The third kappa shape index (κ3) is 4.38. The monoisotopic (exact) mass is 227 g/mol. The molecular formula is C6H8F3N3OS. The molecule has 1 aromatic rings. The molecule has 0 amide bonds. The molecule has 0 aliphatic rings. The van der Waals surface area contributed by atoms with Crippen molar-refractivity contribution < 1.29 is 17.9 Å². The Morgan fingerprint density at radius 1 is 1.36 bits per heavy atom. The van der Waals surface area contributed by atoms with E-state index in [0.717, 1.165) is 11.3 Å². The summed E-state index contributed by atoms with van der Waals surface area (Å²) in [7, 11) is 0. The van der Waals surface area contributed by atoms with Gasteiger partial charge in [-0.25, -0.2) is 0 Å². The predicted octanol–water partition coefficient (Wildman–Crippen LogP) is 1.24. The first-order valence-corrected chi connectivity index (χ1v) is 4.51. The van der Waals surface area contributed by atoms with Crippen molar-refractivity contribution in [3.8, 4) is 0 Å². The summed E-state index contributed by atoms with van der Waals surface area (Å²) in [6.45, 7) is -1.27. The number of hydrogen-bond acceptors (Lipinski definition) is 5. The van der Waals surface area contributed by atoms with Gasteiger partial charge in [0.2, 0.25) is 5.13 Å². The van der Waals surface area contributed by atoms with Crippen LogP contribution < -0.4 is 5.73 Å². The summed E-state index contributed by atoms with van der Waals surface area (Å²) in [5.41, 5.74) is 5.28. The smallest absolute Gasteiger partial charge is 0.374 e. The van der Waals surface area contributed by atoms with Gasteiger partial charge in [-0.05, 0) is 0 Å². The number of alkyl halides is 3. The molecule has 0 aliphatic carbocycles. The molecule has 0 radical (unpaired) electrons. The Kier molecular flexibility index (Phi) is 3.64. The van der Waals surface area contributed by atoms with Crippen molar-refractivity contribution in [3.05, 3.63) is 5.01 Å². The first-order chi connectivity index (χ1) is 6.47. The van der Waals surface area contributed by atoms with Gasteiger partial charge in [0.25, 0.3) is 0 Å². The molecule has 0 saturated carbocycles. The number of rotatable bonds is 4. The lowest BCUT2D eigenvalue weighted by Gasteiger charge is -2.05. The van der Waals surface area contributed by atoms with Crippen LogP contribution in [0.15, 0.2) is 0 Å². The molecular weight excluding hydrogens is 219 g/mol. The summed E-state index contributed by atoms with van der Waals surface area (Å²) >= 11 is 1.14. The van der Waals surface area contributed by atoms with E-state index in [9.17, 15) is 13.2 Å². The lowest BCUT2D eigenvalue weighted by atomic mass is 10.5. The van der Waals surface area contributed by atoms with Crippen LogP contribution in [0.2, 0.25) is 0 Å². The van der Waals surface area contributed by atoms with Gasteiger partial charge in [0.1, 0.15) is 11.6 Å². The van der Waals surface area contributed by atoms with Crippen molar-refractivity contribution >= 4 is 16.5 Å². The van der Waals surface area contributed by atoms with Crippen LogP contribution in [0.5, 0.6) is 0 Å². The van der Waals surface area contributed by atoms with Crippen LogP contribution in [0.1, 0.15) is 5.01 Å². The Bertz CT molecular complexity index is 288. The molecule has 1 rings (SSSR count). The highest BCUT2D eigenvalue weighted by molar-refractivity contribution is 7.15. The van der Waals surface area contributed by atoms with E-state index < -0.39 is 12.8 Å². The van der Waals surface area contributed by atoms with Gasteiger partial charge in [-0.1, -0.05) is 11.3 Å². The maximum Gasteiger partial charge on any atom is 0.411 e. The second-order valence-electron chi connectivity index (χ2n) is 2.45. The molecule has 0 atom stereocenters. The van der Waals surface area contributed by atoms with Gasteiger partial charge in [0, 0.05) is 6.42 Å². The van der Waals surface area contributed by atoms with Crippen LogP contribution in [0, 0.1) is 0 Å². The van der Waals surface area contributed by atoms with Crippen LogP contribution in [-0.2, 0) is 11.2 Å². The molecule has 8 heteroatoms. The normalized spacial score (nSPS) is 11.9. The topological polar surface area (TPSA) is 61.0 Å². The van der Waals surface area contributed by atoms with Gasteiger partial charge >= 0.3 is 6.18 Å². The summed E-state index contributed by atoms with van der Waals surface area (Å²) in [6.07, 6.45) is -3.98. The van der Waals surface area contributed by atoms with E-state index in [1.54, 1.807) is 0 Å². The highest BCUT2D eigenvalue weighted by atomic mass is 32.1. The van der Waals surface area contributed by atoms with Crippen LogP contribution in [0.25, 0.3) is 0 Å². The van der Waals surface area contributed by atoms with Crippen LogP contribution in [0.3, 0.4) is 0 Å². The van der Waals surface area contributed by atoms with E-state index in [1.807, 2.05) is 0 Å². The minimum absolute atomic E-state index is 0.0336. The van der Waals surface area contributed by atoms with Gasteiger partial charge < -0.3 is 10.5 Å². The van der Waals surface area contributed by atoms with Crippen molar-refractivity contribution in [2.75, 3.05) is 18.9 Å². The quantitative estimate of drug-likeness (QED) is 0.786. The fourth-order valence-electron chi connectivity index (χ4n) is 0.715. The molecule has 4 nitrogen and oxygen atoms in total. The van der Waals surface area contributed by atoms with Crippen molar-refractivity contribution in [2.24, 2.45) is 0 Å². The summed E-state index contributed by atoms with van der Waals surface area (Å²) in [5, 5.41) is 8.02. The van der Waals surface area contributed by atoms with E-state index in [2.05, 4.69) is 14.9 Å². The summed E-state index contributed by atoms with van der Waals surface area (Å²) < 4.78 is 39.2. The lowest BCUT2D eigenvalue weighted by Crippen LogP contribution is -2.17. The van der Waals surface area contributed by atoms with E-state index in [-0.39, 0.29) is 6.61 Å². The number of ether oxygens (including phenoxy) is 1. The second-order valence-corrected chi connectivity index (χ2v) is 3.55. The number of hydrogen-bond donors (Lipinski definition) is 1. The van der Waals surface area contributed by atoms with Crippen molar-refractivity contribution in [1.29, 1.82) is 0 Å². The highest BCUT2D eigenvalue weighted by Crippen LogP contribution is 2.15. The van der Waals surface area contributed by atoms with Crippen molar-refractivity contribution in [1.82, 2.24) is 10.2 Å². The standard InChI is InChI=1S/C6H8F3N3OS/c7-6(8,9)3-13-2-1-4-11-12-5(10)14-4/h1-3H2,(H2,10,12). The first kappa shape index (κ1) is 11.2. The average molecular weight is 227 g/mol. The van der Waals surface area contributed by atoms with Gasteiger partial charge in [0.15, 0.2) is 0 Å². The highest BCUT2D eigenvalue weighted by Gasteiger charge is 2.27. The Labute approximate surface area is 81.9 Å². The third-order valence-corrected chi connectivity index (χ3v) is 2.02. The first-order valence-electron chi connectivity index (χ1n) is 3.70. The van der Waals surface area contributed by atoms with E-state index in [4.69, 9.17) is 5.73 Å². The molecule has 0 saturated heterocycles. The lowest BCUT2D eigenvalue weighted by molar-refractivity contribution is -0.173. The molecule has 80 valence electrons.